The molecule has 0 bridgehead atoms. The summed E-state index contributed by atoms with van der Waals surface area (Å²) in [5.74, 6) is -0.00404. The molecule has 46 heavy (non-hydrogen) atoms. The monoisotopic (exact) mass is 649 g/mol. The highest BCUT2D eigenvalue weighted by atomic mass is 32.2. The van der Waals surface area contributed by atoms with Gasteiger partial charge in [0.15, 0.2) is 4.34 Å². The summed E-state index contributed by atoms with van der Waals surface area (Å²) < 4.78 is 12.4. The van der Waals surface area contributed by atoms with Gasteiger partial charge in [-0.15, -0.1) is 10.2 Å². The minimum Gasteiger partial charge on any atom is -0.507 e. The van der Waals surface area contributed by atoms with E-state index in [1.54, 1.807) is 42.5 Å². The molecule has 1 N–H and O–H groups in total. The second kappa shape index (κ2) is 14.4. The maximum Gasteiger partial charge on any atom is 0.301 e. The van der Waals surface area contributed by atoms with Crippen molar-refractivity contribution in [2.45, 2.75) is 36.1 Å². The lowest BCUT2D eigenvalue weighted by atomic mass is 9.95. The zero-order valence-electron chi connectivity index (χ0n) is 25.0. The van der Waals surface area contributed by atoms with Crippen LogP contribution in [0.5, 0.6) is 11.5 Å². The Hall–Kier alpha value is -4.93. The lowest BCUT2D eigenvalue weighted by Gasteiger charge is -2.23. The zero-order chi connectivity index (χ0) is 31.9. The van der Waals surface area contributed by atoms with Crippen molar-refractivity contribution in [1.82, 2.24) is 10.2 Å². The molecule has 10 heteroatoms. The van der Waals surface area contributed by atoms with E-state index in [1.165, 1.54) is 28.0 Å². The summed E-state index contributed by atoms with van der Waals surface area (Å²) in [6.07, 6.45) is 0.859. The van der Waals surface area contributed by atoms with Gasteiger partial charge in [0, 0.05) is 11.3 Å². The van der Waals surface area contributed by atoms with Crippen LogP contribution in [-0.4, -0.2) is 33.6 Å². The van der Waals surface area contributed by atoms with Gasteiger partial charge in [-0.05, 0) is 59.5 Å². The number of Topliss-reactive ketones (excluding diaryl/α,β-unsaturated/α-hetero) is 1. The number of ketones is 1. The van der Waals surface area contributed by atoms with E-state index < -0.39 is 17.7 Å². The van der Waals surface area contributed by atoms with Crippen molar-refractivity contribution in [2.75, 3.05) is 11.5 Å². The Morgan fingerprint density at radius 3 is 2.28 bits per heavy atom. The first-order valence-corrected chi connectivity index (χ1v) is 16.6. The molecule has 1 unspecified atom stereocenters. The second-order valence-corrected chi connectivity index (χ2v) is 12.7. The van der Waals surface area contributed by atoms with E-state index >= 15 is 0 Å². The van der Waals surface area contributed by atoms with E-state index in [4.69, 9.17) is 9.47 Å². The third-order valence-corrected chi connectivity index (χ3v) is 9.40. The van der Waals surface area contributed by atoms with Gasteiger partial charge < -0.3 is 14.6 Å². The van der Waals surface area contributed by atoms with Crippen molar-refractivity contribution >= 4 is 45.7 Å². The van der Waals surface area contributed by atoms with Gasteiger partial charge in [-0.1, -0.05) is 103 Å². The van der Waals surface area contributed by atoms with E-state index in [2.05, 4.69) is 10.2 Å². The minimum atomic E-state index is -0.962. The Labute approximate surface area is 275 Å². The van der Waals surface area contributed by atoms with Crippen LogP contribution in [0.3, 0.4) is 0 Å². The fourth-order valence-corrected chi connectivity index (χ4v) is 6.85. The highest BCUT2D eigenvalue weighted by molar-refractivity contribution is 8.00. The second-order valence-electron chi connectivity index (χ2n) is 10.5. The number of anilines is 1. The third-order valence-electron chi connectivity index (χ3n) is 7.27. The number of thioether (sulfide) groups is 1. The Balaban J connectivity index is 1.36. The van der Waals surface area contributed by atoms with Crippen molar-refractivity contribution in [2.24, 2.45) is 0 Å². The number of benzene rings is 4. The van der Waals surface area contributed by atoms with Crippen molar-refractivity contribution in [3.63, 3.8) is 0 Å². The standard InChI is InChI=1S/C36H31N3O5S2/c1-2-20-43-28-18-16-26(17-19-28)32(40)30-31(27-14-9-15-29(21-27)44-22-24-10-5-3-6-11-24)39(34(42)33(30)41)35-37-38-36(46-35)45-23-25-12-7-4-8-13-25/h3-19,21,31,40H,2,20,22-23H2,1H3/b32-30+. The Morgan fingerprint density at radius 2 is 1.57 bits per heavy atom. The molecule has 1 aromatic heterocycles. The molecule has 2 heterocycles. The quantitative estimate of drug-likeness (QED) is 0.0480. The van der Waals surface area contributed by atoms with Crippen molar-refractivity contribution in [1.29, 1.82) is 0 Å². The first kappa shape index (κ1) is 31.1. The highest BCUT2D eigenvalue weighted by Crippen LogP contribution is 2.44. The van der Waals surface area contributed by atoms with Crippen molar-refractivity contribution in [3.8, 4) is 11.5 Å². The molecule has 6 rings (SSSR count). The van der Waals surface area contributed by atoms with E-state index in [1.807, 2.05) is 73.7 Å². The van der Waals surface area contributed by atoms with Crippen molar-refractivity contribution < 1.29 is 24.2 Å². The fraction of sp³-hybridized carbons (Fsp3) is 0.167. The van der Waals surface area contributed by atoms with Crippen LogP contribution in [0, 0.1) is 0 Å². The lowest BCUT2D eigenvalue weighted by Crippen LogP contribution is -2.29. The molecule has 1 aliphatic heterocycles. The maximum atomic E-state index is 13.7. The lowest BCUT2D eigenvalue weighted by molar-refractivity contribution is -0.132. The molecule has 1 fully saturated rings. The van der Waals surface area contributed by atoms with E-state index in [-0.39, 0.29) is 16.5 Å². The van der Waals surface area contributed by atoms with Crippen LogP contribution < -0.4 is 14.4 Å². The van der Waals surface area contributed by atoms with Gasteiger partial charge in [0.25, 0.3) is 5.78 Å². The molecule has 1 amide bonds. The molecule has 1 atom stereocenters. The van der Waals surface area contributed by atoms with Crippen LogP contribution in [0.1, 0.15) is 41.6 Å². The summed E-state index contributed by atoms with van der Waals surface area (Å²) in [5.41, 5.74) is 3.06. The molecule has 232 valence electrons. The third kappa shape index (κ3) is 6.98. The van der Waals surface area contributed by atoms with E-state index in [9.17, 15) is 14.7 Å². The normalized spacial score (nSPS) is 15.7. The van der Waals surface area contributed by atoms with Gasteiger partial charge >= 0.3 is 5.91 Å². The molecule has 5 aromatic rings. The predicted octanol–water partition coefficient (Wildman–Crippen LogP) is 7.82. The number of rotatable bonds is 12. The van der Waals surface area contributed by atoms with Crippen molar-refractivity contribution in [3.05, 3.63) is 137 Å². The molecule has 0 saturated carbocycles. The number of hydrogen-bond acceptors (Lipinski definition) is 9. The summed E-state index contributed by atoms with van der Waals surface area (Å²) in [4.78, 5) is 28.7. The molecule has 0 aliphatic carbocycles. The molecule has 8 nitrogen and oxygen atoms in total. The Kier molecular flexibility index (Phi) is 9.76. The number of aliphatic hydroxyl groups excluding tert-OH is 1. The molecule has 4 aromatic carbocycles. The Bertz CT molecular complexity index is 1840. The number of nitrogens with zero attached hydrogens (tertiary/aromatic N) is 3. The largest absolute Gasteiger partial charge is 0.507 e. The van der Waals surface area contributed by atoms with Crippen LogP contribution in [0.2, 0.25) is 0 Å². The fourth-order valence-electron chi connectivity index (χ4n) is 5.02. The van der Waals surface area contributed by atoms with Gasteiger partial charge in [0.05, 0.1) is 18.2 Å². The number of carbonyl (C=O) groups is 2. The van der Waals surface area contributed by atoms with Gasteiger partial charge in [0.1, 0.15) is 23.9 Å². The number of ether oxygens (including phenoxy) is 2. The zero-order valence-corrected chi connectivity index (χ0v) is 26.7. The number of aromatic nitrogens is 2. The average molecular weight is 650 g/mol. The maximum absolute atomic E-state index is 13.7. The number of carbonyl (C=O) groups excluding carboxylic acids is 2. The molecule has 0 spiro atoms. The summed E-state index contributed by atoms with van der Waals surface area (Å²) in [7, 11) is 0. The number of hydrogen-bond donors (Lipinski definition) is 1. The molecular weight excluding hydrogens is 619 g/mol. The van der Waals surface area contributed by atoms with Gasteiger partial charge in [0.2, 0.25) is 5.13 Å². The highest BCUT2D eigenvalue weighted by Gasteiger charge is 2.48. The van der Waals surface area contributed by atoms with E-state index in [0.717, 1.165) is 17.5 Å². The van der Waals surface area contributed by atoms with Crippen LogP contribution in [0.25, 0.3) is 5.76 Å². The first-order chi connectivity index (χ1) is 22.5. The van der Waals surface area contributed by atoms with Crippen LogP contribution in [0.15, 0.2) is 119 Å². The van der Waals surface area contributed by atoms with Crippen LogP contribution >= 0.6 is 23.1 Å². The van der Waals surface area contributed by atoms with Gasteiger partial charge in [-0.3, -0.25) is 14.5 Å². The predicted molar refractivity (Wildman–Crippen MR) is 180 cm³/mol. The summed E-state index contributed by atoms with van der Waals surface area (Å²) in [5, 5.41) is 20.5. The minimum absolute atomic E-state index is 0.0406. The van der Waals surface area contributed by atoms with Gasteiger partial charge in [-0.25, -0.2) is 0 Å². The van der Waals surface area contributed by atoms with Gasteiger partial charge in [-0.2, -0.15) is 0 Å². The summed E-state index contributed by atoms with van der Waals surface area (Å²) in [6.45, 7) is 2.92. The number of amides is 1. The SMILES string of the molecule is CCCOc1ccc(/C(O)=C2\C(=O)C(=O)N(c3nnc(SCc4ccccc4)s3)C2c2cccc(OCc3ccccc3)c2)cc1. The average Bonchev–Trinajstić information content (AvgIpc) is 3.68. The summed E-state index contributed by atoms with van der Waals surface area (Å²) in [6, 6.07) is 32.8. The first-order valence-electron chi connectivity index (χ1n) is 14.8. The molecule has 0 radical (unpaired) electrons. The molecule has 1 saturated heterocycles. The smallest absolute Gasteiger partial charge is 0.301 e. The Morgan fingerprint density at radius 1 is 0.848 bits per heavy atom. The topological polar surface area (TPSA) is 102 Å². The summed E-state index contributed by atoms with van der Waals surface area (Å²) >= 11 is 2.72. The number of aliphatic hydroxyl groups is 1. The molecular formula is C36H31N3O5S2. The van der Waals surface area contributed by atoms with E-state index in [0.29, 0.717) is 45.9 Å². The van der Waals surface area contributed by atoms with Crippen LogP contribution in [0.4, 0.5) is 5.13 Å². The van der Waals surface area contributed by atoms with Crippen LogP contribution in [-0.2, 0) is 21.9 Å². The molecule has 1 aliphatic rings.